The van der Waals surface area contributed by atoms with E-state index in [-0.39, 0.29) is 18.5 Å². The molecule has 0 aliphatic heterocycles. The van der Waals surface area contributed by atoms with Crippen LogP contribution in [0.3, 0.4) is 0 Å². The molecule has 0 aromatic carbocycles. The number of carbonyl (C=O) groups is 1. The molecule has 1 unspecified atom stereocenters. The molecule has 1 aromatic rings. The lowest BCUT2D eigenvalue weighted by Gasteiger charge is -2.12. The largest absolute Gasteiger partial charge is 0.292 e. The van der Waals surface area contributed by atoms with Crippen LogP contribution in [0.15, 0.2) is 29.7 Å². The van der Waals surface area contributed by atoms with Gasteiger partial charge in [-0.3, -0.25) is 15.1 Å². The Kier molecular flexibility index (Phi) is 4.56. The molecule has 1 N–H and O–H groups in total. The lowest BCUT2D eigenvalue weighted by molar-refractivity contribution is 0.0941. The Bertz CT molecular complexity index is 327. The van der Waals surface area contributed by atoms with E-state index in [4.69, 9.17) is 0 Å². The molecular formula is C10H13N3O2. The highest BCUT2D eigenvalue weighted by Crippen LogP contribution is 2.04. The number of ketones is 1. The highest BCUT2D eigenvalue weighted by molar-refractivity contribution is 5.99. The molecule has 5 nitrogen and oxygen atoms in total. The first-order valence-corrected chi connectivity index (χ1v) is 4.76. The molecule has 0 amide bonds. The van der Waals surface area contributed by atoms with Crippen molar-refractivity contribution in [1.82, 2.24) is 10.3 Å². The predicted octanol–water partition coefficient (Wildman–Crippen LogP) is 1.36. The Morgan fingerprint density at radius 3 is 3.00 bits per heavy atom. The average molecular weight is 207 g/mol. The van der Waals surface area contributed by atoms with Gasteiger partial charge in [0.15, 0.2) is 5.78 Å². The minimum atomic E-state index is -0.369. The van der Waals surface area contributed by atoms with Crippen LogP contribution in [0.2, 0.25) is 0 Å². The van der Waals surface area contributed by atoms with Gasteiger partial charge >= 0.3 is 0 Å². The van der Waals surface area contributed by atoms with Gasteiger partial charge in [-0.25, -0.2) is 0 Å². The summed E-state index contributed by atoms with van der Waals surface area (Å²) in [6.07, 6.45) is 3.74. The number of nitroso groups, excluding NO2 is 1. The molecule has 1 atom stereocenters. The van der Waals surface area contributed by atoms with Gasteiger partial charge in [-0.05, 0) is 18.6 Å². The molecular weight excluding hydrogens is 194 g/mol. The highest BCUT2D eigenvalue weighted by atomic mass is 16.3. The van der Waals surface area contributed by atoms with E-state index in [1.165, 1.54) is 6.20 Å². The average Bonchev–Trinajstić information content (AvgIpc) is 2.31. The van der Waals surface area contributed by atoms with Crippen molar-refractivity contribution >= 4 is 5.78 Å². The number of rotatable bonds is 6. The van der Waals surface area contributed by atoms with Gasteiger partial charge in [0, 0.05) is 18.0 Å². The van der Waals surface area contributed by atoms with Gasteiger partial charge in [0.25, 0.3) is 0 Å². The Balaban J connectivity index is 2.69. The summed E-state index contributed by atoms with van der Waals surface area (Å²) in [5.41, 5.74) is 0.544. The molecule has 15 heavy (non-hydrogen) atoms. The smallest absolute Gasteiger partial charge is 0.181 e. The standard InChI is InChI=1S/C10H13N3O2/c1-2-9(12-7-13-15)10(14)8-4-3-5-11-6-8/h3-6,9,12H,2,7H2,1H3. The first kappa shape index (κ1) is 11.5. The maximum atomic E-state index is 11.8. The fraction of sp³-hybridized carbons (Fsp3) is 0.400. The minimum absolute atomic E-state index is 0.0511. The zero-order chi connectivity index (χ0) is 11.1. The SMILES string of the molecule is CCC(NCN=O)C(=O)c1cccnc1. The first-order chi connectivity index (χ1) is 7.29. The Morgan fingerprint density at radius 2 is 2.47 bits per heavy atom. The topological polar surface area (TPSA) is 71.4 Å². The number of nitrogens with one attached hydrogen (secondary N) is 1. The van der Waals surface area contributed by atoms with E-state index in [1.807, 2.05) is 6.92 Å². The summed E-state index contributed by atoms with van der Waals surface area (Å²) in [6.45, 7) is 1.82. The van der Waals surface area contributed by atoms with E-state index in [1.54, 1.807) is 18.3 Å². The van der Waals surface area contributed by atoms with E-state index < -0.39 is 0 Å². The van der Waals surface area contributed by atoms with Crippen LogP contribution in [-0.2, 0) is 0 Å². The highest BCUT2D eigenvalue weighted by Gasteiger charge is 2.17. The third kappa shape index (κ3) is 3.21. The summed E-state index contributed by atoms with van der Waals surface area (Å²) in [6, 6.07) is 3.04. The zero-order valence-corrected chi connectivity index (χ0v) is 8.51. The molecule has 0 fully saturated rings. The second-order valence-electron chi connectivity index (χ2n) is 3.06. The van der Waals surface area contributed by atoms with Crippen LogP contribution >= 0.6 is 0 Å². The van der Waals surface area contributed by atoms with Crippen molar-refractivity contribution < 1.29 is 4.79 Å². The third-order valence-electron chi connectivity index (χ3n) is 2.07. The van der Waals surface area contributed by atoms with Crippen LogP contribution in [-0.4, -0.2) is 23.5 Å². The van der Waals surface area contributed by atoms with E-state index in [2.05, 4.69) is 15.5 Å². The van der Waals surface area contributed by atoms with Crippen LogP contribution < -0.4 is 5.32 Å². The normalized spacial score (nSPS) is 12.1. The summed E-state index contributed by atoms with van der Waals surface area (Å²) >= 11 is 0. The fourth-order valence-electron chi connectivity index (χ4n) is 1.28. The molecule has 5 heteroatoms. The van der Waals surface area contributed by atoms with Crippen molar-refractivity contribution in [1.29, 1.82) is 0 Å². The zero-order valence-electron chi connectivity index (χ0n) is 8.51. The molecule has 0 radical (unpaired) electrons. The predicted molar refractivity (Wildman–Crippen MR) is 56.4 cm³/mol. The first-order valence-electron chi connectivity index (χ1n) is 4.76. The fourth-order valence-corrected chi connectivity index (χ4v) is 1.28. The van der Waals surface area contributed by atoms with Crippen LogP contribution in [0.4, 0.5) is 0 Å². The number of pyridine rings is 1. The number of nitrogens with zero attached hydrogens (tertiary/aromatic N) is 2. The van der Waals surface area contributed by atoms with E-state index in [9.17, 15) is 9.70 Å². The Morgan fingerprint density at radius 1 is 1.67 bits per heavy atom. The van der Waals surface area contributed by atoms with Gasteiger partial charge < -0.3 is 0 Å². The van der Waals surface area contributed by atoms with E-state index >= 15 is 0 Å². The molecule has 0 saturated heterocycles. The number of hydrogen-bond acceptors (Lipinski definition) is 5. The Hall–Kier alpha value is -1.62. The molecule has 1 aromatic heterocycles. The van der Waals surface area contributed by atoms with Crippen LogP contribution in [0.5, 0.6) is 0 Å². The van der Waals surface area contributed by atoms with Crippen molar-refractivity contribution in [2.45, 2.75) is 19.4 Å². The summed E-state index contributed by atoms with van der Waals surface area (Å²) in [5.74, 6) is -0.0609. The van der Waals surface area contributed by atoms with Crippen molar-refractivity contribution in [3.8, 4) is 0 Å². The molecule has 0 bridgehead atoms. The van der Waals surface area contributed by atoms with Crippen molar-refractivity contribution in [2.75, 3.05) is 6.67 Å². The van der Waals surface area contributed by atoms with Crippen molar-refractivity contribution in [3.05, 3.63) is 35.0 Å². The summed E-state index contributed by atoms with van der Waals surface area (Å²) < 4.78 is 0. The quantitative estimate of drug-likeness (QED) is 0.564. The van der Waals surface area contributed by atoms with Gasteiger partial charge in [0.05, 0.1) is 6.04 Å². The molecule has 80 valence electrons. The summed E-state index contributed by atoms with van der Waals surface area (Å²) in [4.78, 5) is 25.7. The molecule has 0 aliphatic carbocycles. The summed E-state index contributed by atoms with van der Waals surface area (Å²) in [5, 5.41) is 5.43. The monoisotopic (exact) mass is 207 g/mol. The van der Waals surface area contributed by atoms with Crippen molar-refractivity contribution in [2.24, 2.45) is 5.18 Å². The van der Waals surface area contributed by atoms with Crippen molar-refractivity contribution in [3.63, 3.8) is 0 Å². The minimum Gasteiger partial charge on any atom is -0.292 e. The maximum absolute atomic E-state index is 11.8. The van der Waals surface area contributed by atoms with Crippen LogP contribution in [0, 0.1) is 4.91 Å². The number of Topliss-reactive ketones (excluding diaryl/α,β-unsaturated/α-hetero) is 1. The van der Waals surface area contributed by atoms with Crippen LogP contribution in [0.25, 0.3) is 0 Å². The number of hydrogen-bond donors (Lipinski definition) is 1. The van der Waals surface area contributed by atoms with E-state index in [0.29, 0.717) is 12.0 Å². The van der Waals surface area contributed by atoms with Gasteiger partial charge in [-0.15, -0.1) is 4.91 Å². The second-order valence-corrected chi connectivity index (χ2v) is 3.06. The van der Waals surface area contributed by atoms with Crippen LogP contribution in [0.1, 0.15) is 23.7 Å². The number of aromatic nitrogens is 1. The second kappa shape index (κ2) is 5.98. The molecule has 1 rings (SSSR count). The Labute approximate surface area is 87.9 Å². The molecule has 1 heterocycles. The van der Waals surface area contributed by atoms with Gasteiger partial charge in [-0.2, -0.15) is 0 Å². The molecule has 0 spiro atoms. The molecule has 0 aliphatic rings. The number of carbonyl (C=O) groups excluding carboxylic acids is 1. The van der Waals surface area contributed by atoms with Gasteiger partial charge in [0.2, 0.25) is 0 Å². The summed E-state index contributed by atoms with van der Waals surface area (Å²) in [7, 11) is 0. The van der Waals surface area contributed by atoms with E-state index in [0.717, 1.165) is 0 Å². The van der Waals surface area contributed by atoms with Gasteiger partial charge in [-0.1, -0.05) is 12.1 Å². The third-order valence-corrected chi connectivity index (χ3v) is 2.07. The maximum Gasteiger partial charge on any atom is 0.181 e. The van der Waals surface area contributed by atoms with Gasteiger partial charge in [0.1, 0.15) is 6.67 Å². The molecule has 0 saturated carbocycles. The lowest BCUT2D eigenvalue weighted by Crippen LogP contribution is -2.36. The lowest BCUT2D eigenvalue weighted by atomic mass is 10.0.